The molecule has 0 bridgehead atoms. The number of carbonyl (C=O) groups is 1. The second-order valence-electron chi connectivity index (χ2n) is 6.17. The first-order valence-electron chi connectivity index (χ1n) is 8.34. The summed E-state index contributed by atoms with van der Waals surface area (Å²) in [6.07, 6.45) is 1.98. The van der Waals surface area contributed by atoms with E-state index in [2.05, 4.69) is 4.74 Å². The van der Waals surface area contributed by atoms with Crippen molar-refractivity contribution in [1.29, 1.82) is 0 Å². The highest BCUT2D eigenvalue weighted by molar-refractivity contribution is 7.91. The van der Waals surface area contributed by atoms with Crippen LogP contribution in [-0.4, -0.2) is 49.9 Å². The molecule has 0 spiro atoms. The minimum absolute atomic E-state index is 0.0401. The predicted octanol–water partition coefficient (Wildman–Crippen LogP) is 2.65. The van der Waals surface area contributed by atoms with Gasteiger partial charge in [0.2, 0.25) is 5.91 Å². The number of nitrogens with zero attached hydrogens (tertiary/aromatic N) is 1. The normalized spacial score (nSPS) is 19.1. The summed E-state index contributed by atoms with van der Waals surface area (Å²) in [7, 11) is -3.04. The number of benzene rings is 1. The van der Waals surface area contributed by atoms with Crippen LogP contribution in [0.15, 0.2) is 24.3 Å². The number of alkyl halides is 2. The van der Waals surface area contributed by atoms with E-state index in [0.717, 1.165) is 12.0 Å². The number of rotatable bonds is 8. The van der Waals surface area contributed by atoms with Crippen LogP contribution >= 0.6 is 0 Å². The van der Waals surface area contributed by atoms with Crippen LogP contribution in [0.1, 0.15) is 31.7 Å². The van der Waals surface area contributed by atoms with E-state index in [4.69, 9.17) is 0 Å². The highest BCUT2D eigenvalue weighted by Crippen LogP contribution is 2.20. The Hall–Kier alpha value is -1.70. The molecule has 1 aromatic rings. The molecule has 140 valence electrons. The third kappa shape index (κ3) is 5.95. The van der Waals surface area contributed by atoms with Gasteiger partial charge in [-0.3, -0.25) is 4.79 Å². The van der Waals surface area contributed by atoms with Gasteiger partial charge in [0.1, 0.15) is 5.75 Å². The summed E-state index contributed by atoms with van der Waals surface area (Å²) < 4.78 is 51.8. The molecule has 5 nitrogen and oxygen atoms in total. The summed E-state index contributed by atoms with van der Waals surface area (Å²) in [6, 6.07) is 5.95. The van der Waals surface area contributed by atoms with Crippen LogP contribution in [-0.2, 0) is 21.1 Å². The Morgan fingerprint density at radius 3 is 2.52 bits per heavy atom. The Kier molecular flexibility index (Phi) is 6.75. The van der Waals surface area contributed by atoms with Gasteiger partial charge in [-0.05, 0) is 37.0 Å². The second kappa shape index (κ2) is 8.60. The molecule has 1 atom stereocenters. The van der Waals surface area contributed by atoms with Gasteiger partial charge < -0.3 is 9.64 Å². The topological polar surface area (TPSA) is 63.7 Å². The third-order valence-electron chi connectivity index (χ3n) is 4.21. The molecular formula is C17H23F2NO4S. The Labute approximate surface area is 146 Å². The fourth-order valence-corrected chi connectivity index (χ4v) is 4.74. The Morgan fingerprint density at radius 1 is 1.32 bits per heavy atom. The van der Waals surface area contributed by atoms with Gasteiger partial charge in [0.05, 0.1) is 11.5 Å². The maximum atomic E-state index is 12.5. The van der Waals surface area contributed by atoms with E-state index in [1.807, 2.05) is 6.92 Å². The van der Waals surface area contributed by atoms with Crippen molar-refractivity contribution in [2.75, 3.05) is 18.1 Å². The maximum Gasteiger partial charge on any atom is 0.387 e. The first kappa shape index (κ1) is 19.6. The number of halogens is 2. The Balaban J connectivity index is 1.92. The van der Waals surface area contributed by atoms with Gasteiger partial charge in [-0.15, -0.1) is 0 Å². The lowest BCUT2D eigenvalue weighted by atomic mass is 10.1. The number of aryl methyl sites for hydroxylation is 1. The maximum absolute atomic E-state index is 12.5. The molecule has 1 heterocycles. The molecule has 2 rings (SSSR count). The molecule has 1 saturated heterocycles. The van der Waals surface area contributed by atoms with E-state index in [9.17, 15) is 22.0 Å². The average Bonchev–Trinajstić information content (AvgIpc) is 2.91. The fraction of sp³-hybridized carbons (Fsp3) is 0.588. The van der Waals surface area contributed by atoms with Crippen LogP contribution < -0.4 is 4.74 Å². The largest absolute Gasteiger partial charge is 0.435 e. The van der Waals surface area contributed by atoms with Gasteiger partial charge in [-0.1, -0.05) is 19.1 Å². The lowest BCUT2D eigenvalue weighted by Gasteiger charge is -2.28. The van der Waals surface area contributed by atoms with Crippen LogP contribution in [0.25, 0.3) is 0 Å². The van der Waals surface area contributed by atoms with E-state index < -0.39 is 16.4 Å². The number of hydrogen-bond acceptors (Lipinski definition) is 4. The highest BCUT2D eigenvalue weighted by Gasteiger charge is 2.33. The monoisotopic (exact) mass is 375 g/mol. The Bertz CT molecular complexity index is 676. The summed E-state index contributed by atoms with van der Waals surface area (Å²) in [5.74, 6) is 0.181. The number of carbonyl (C=O) groups excluding carboxylic acids is 1. The molecule has 1 aromatic carbocycles. The molecule has 0 N–H and O–H groups in total. The molecule has 1 fully saturated rings. The molecular weight excluding hydrogens is 352 g/mol. The van der Waals surface area contributed by atoms with Crippen molar-refractivity contribution < 1.29 is 26.7 Å². The first-order valence-corrected chi connectivity index (χ1v) is 10.2. The smallest absolute Gasteiger partial charge is 0.387 e. The zero-order valence-corrected chi connectivity index (χ0v) is 15.0. The van der Waals surface area contributed by atoms with Gasteiger partial charge in [0.15, 0.2) is 9.84 Å². The minimum Gasteiger partial charge on any atom is -0.435 e. The second-order valence-corrected chi connectivity index (χ2v) is 8.40. The minimum atomic E-state index is -3.04. The number of sulfone groups is 1. The number of hydrogen-bond donors (Lipinski definition) is 0. The van der Waals surface area contributed by atoms with Gasteiger partial charge >= 0.3 is 6.61 Å². The molecule has 0 aliphatic carbocycles. The molecule has 0 saturated carbocycles. The van der Waals surface area contributed by atoms with Gasteiger partial charge in [0.25, 0.3) is 0 Å². The van der Waals surface area contributed by atoms with Gasteiger partial charge in [0, 0.05) is 19.0 Å². The number of ether oxygens (including phenoxy) is 1. The van der Waals surface area contributed by atoms with Crippen LogP contribution in [0, 0.1) is 0 Å². The number of amides is 1. The summed E-state index contributed by atoms with van der Waals surface area (Å²) in [5, 5.41) is 0. The van der Waals surface area contributed by atoms with Crippen molar-refractivity contribution in [3.05, 3.63) is 29.8 Å². The zero-order chi connectivity index (χ0) is 18.4. The van der Waals surface area contributed by atoms with Crippen LogP contribution in [0.2, 0.25) is 0 Å². The average molecular weight is 375 g/mol. The zero-order valence-electron chi connectivity index (χ0n) is 14.2. The molecule has 1 unspecified atom stereocenters. The van der Waals surface area contributed by atoms with E-state index in [-0.39, 0.29) is 35.6 Å². The molecule has 1 amide bonds. The van der Waals surface area contributed by atoms with Gasteiger partial charge in [-0.2, -0.15) is 8.78 Å². The van der Waals surface area contributed by atoms with E-state index >= 15 is 0 Å². The standard InChI is InChI=1S/C17H23F2NO4S/c1-2-10-20(14-9-11-25(22,23)12-14)16(21)8-5-13-3-6-15(7-4-13)24-17(18)19/h3-4,6-7,14,17H,2,5,8-12H2,1H3. The van der Waals surface area contributed by atoms with Crippen LogP contribution in [0.5, 0.6) is 5.75 Å². The van der Waals surface area contributed by atoms with E-state index in [0.29, 0.717) is 19.4 Å². The van der Waals surface area contributed by atoms with Crippen molar-refractivity contribution in [3.63, 3.8) is 0 Å². The van der Waals surface area contributed by atoms with Gasteiger partial charge in [-0.25, -0.2) is 8.42 Å². The first-order chi connectivity index (χ1) is 11.8. The fourth-order valence-electron chi connectivity index (χ4n) is 3.01. The van der Waals surface area contributed by atoms with Crippen molar-refractivity contribution in [2.24, 2.45) is 0 Å². The van der Waals surface area contributed by atoms with Crippen molar-refractivity contribution in [1.82, 2.24) is 4.90 Å². The predicted molar refractivity (Wildman–Crippen MR) is 90.5 cm³/mol. The van der Waals surface area contributed by atoms with Crippen molar-refractivity contribution >= 4 is 15.7 Å². The van der Waals surface area contributed by atoms with E-state index in [1.165, 1.54) is 12.1 Å². The molecule has 1 aliphatic rings. The van der Waals surface area contributed by atoms with Crippen LogP contribution in [0.4, 0.5) is 8.78 Å². The lowest BCUT2D eigenvalue weighted by Crippen LogP contribution is -2.41. The summed E-state index contributed by atoms with van der Waals surface area (Å²) in [4.78, 5) is 14.2. The highest BCUT2D eigenvalue weighted by atomic mass is 32.2. The molecule has 0 aromatic heterocycles. The molecule has 0 radical (unpaired) electrons. The Morgan fingerprint density at radius 2 is 2.00 bits per heavy atom. The molecule has 25 heavy (non-hydrogen) atoms. The summed E-state index contributed by atoms with van der Waals surface area (Å²) in [6.45, 7) is -0.372. The third-order valence-corrected chi connectivity index (χ3v) is 5.96. The quantitative estimate of drug-likeness (QED) is 0.701. The van der Waals surface area contributed by atoms with Crippen molar-refractivity contribution in [3.8, 4) is 5.75 Å². The molecule has 8 heteroatoms. The van der Waals surface area contributed by atoms with Crippen molar-refractivity contribution in [2.45, 2.75) is 45.3 Å². The van der Waals surface area contributed by atoms with Crippen LogP contribution in [0.3, 0.4) is 0 Å². The SMILES string of the molecule is CCCN(C(=O)CCc1ccc(OC(F)F)cc1)C1CCS(=O)(=O)C1. The summed E-state index contributed by atoms with van der Waals surface area (Å²) >= 11 is 0. The molecule has 1 aliphatic heterocycles. The van der Waals surface area contributed by atoms with E-state index in [1.54, 1.807) is 17.0 Å². The summed E-state index contributed by atoms with van der Waals surface area (Å²) in [5.41, 5.74) is 0.838. The lowest BCUT2D eigenvalue weighted by molar-refractivity contribution is -0.133.